The molecule has 1 fully saturated rings. The molecule has 24 heavy (non-hydrogen) atoms. The van der Waals surface area contributed by atoms with Gasteiger partial charge in [-0.2, -0.15) is 0 Å². The van der Waals surface area contributed by atoms with Crippen molar-refractivity contribution in [2.75, 3.05) is 30.8 Å². The first kappa shape index (κ1) is 18.5. The van der Waals surface area contributed by atoms with Crippen LogP contribution in [0.4, 0.5) is 16.2 Å². The van der Waals surface area contributed by atoms with Crippen LogP contribution in [-0.2, 0) is 14.3 Å². The number of hydrogen-bond donors (Lipinski definition) is 2. The third kappa shape index (κ3) is 4.85. The van der Waals surface area contributed by atoms with Crippen molar-refractivity contribution in [2.24, 2.45) is 0 Å². The number of morpholine rings is 1. The molecule has 1 aromatic carbocycles. The summed E-state index contributed by atoms with van der Waals surface area (Å²) in [6.45, 7) is 6.11. The second kappa shape index (κ2) is 7.40. The average Bonchev–Trinajstić information content (AvgIpc) is 2.48. The van der Waals surface area contributed by atoms with Crippen molar-refractivity contribution in [3.63, 3.8) is 0 Å². The van der Waals surface area contributed by atoms with E-state index in [-0.39, 0.29) is 12.5 Å². The summed E-state index contributed by atoms with van der Waals surface area (Å²) in [5.41, 5.74) is 6.18. The lowest BCUT2D eigenvalue weighted by molar-refractivity contribution is -0.127. The number of nitrogens with zero attached hydrogens (tertiary/aromatic N) is 1. The van der Waals surface area contributed by atoms with Crippen molar-refractivity contribution in [2.45, 2.75) is 32.4 Å². The molecule has 1 unspecified atom stereocenters. The molecule has 1 aliphatic rings. The van der Waals surface area contributed by atoms with E-state index in [1.165, 1.54) is 4.90 Å². The Morgan fingerprint density at radius 1 is 1.42 bits per heavy atom. The molecule has 8 heteroatoms. The number of carbonyl (C=O) groups is 2. The number of rotatable bonds is 2. The maximum atomic E-state index is 12.6. The maximum absolute atomic E-state index is 12.6. The topological polar surface area (TPSA) is 93.9 Å². The highest BCUT2D eigenvalue weighted by molar-refractivity contribution is 9.10. The van der Waals surface area contributed by atoms with Crippen LogP contribution in [0.2, 0.25) is 0 Å². The van der Waals surface area contributed by atoms with Crippen LogP contribution in [0.15, 0.2) is 22.7 Å². The molecular weight excluding hydrogens is 378 g/mol. The van der Waals surface area contributed by atoms with Gasteiger partial charge in [-0.3, -0.25) is 9.69 Å². The number of nitrogen functional groups attached to an aromatic ring is 1. The lowest BCUT2D eigenvalue weighted by Gasteiger charge is -2.35. The SMILES string of the molecule is CC(C)(C)OC(=O)N1CCOCC1C(=O)Nc1ccc(Br)cc1N. The van der Waals surface area contributed by atoms with E-state index in [9.17, 15) is 9.59 Å². The first-order valence-electron chi connectivity index (χ1n) is 7.60. The Bertz CT molecular complexity index is 630. The van der Waals surface area contributed by atoms with E-state index in [4.69, 9.17) is 15.2 Å². The van der Waals surface area contributed by atoms with Crippen molar-refractivity contribution in [1.29, 1.82) is 0 Å². The standard InChI is InChI=1S/C16H22BrN3O4/c1-16(2,3)24-15(22)20-6-7-23-9-13(20)14(21)19-12-5-4-10(17)8-11(12)18/h4-5,8,13H,6-7,9,18H2,1-3H3,(H,19,21). The summed E-state index contributed by atoms with van der Waals surface area (Å²) < 4.78 is 11.5. The van der Waals surface area contributed by atoms with E-state index in [1.807, 2.05) is 0 Å². The van der Waals surface area contributed by atoms with Crippen LogP contribution < -0.4 is 11.1 Å². The summed E-state index contributed by atoms with van der Waals surface area (Å²) in [5, 5.41) is 2.74. The molecule has 2 amide bonds. The Morgan fingerprint density at radius 2 is 2.12 bits per heavy atom. The van der Waals surface area contributed by atoms with Crippen molar-refractivity contribution < 1.29 is 19.1 Å². The molecule has 1 aliphatic heterocycles. The number of carbonyl (C=O) groups excluding carboxylic acids is 2. The summed E-state index contributed by atoms with van der Waals surface area (Å²) in [6, 6.07) is 4.39. The second-order valence-electron chi connectivity index (χ2n) is 6.49. The molecule has 0 radical (unpaired) electrons. The molecule has 132 valence electrons. The molecule has 1 heterocycles. The highest BCUT2D eigenvalue weighted by Gasteiger charge is 2.35. The van der Waals surface area contributed by atoms with E-state index in [0.717, 1.165) is 4.47 Å². The number of nitrogens with two attached hydrogens (primary N) is 1. The summed E-state index contributed by atoms with van der Waals surface area (Å²) in [6.07, 6.45) is -0.533. The van der Waals surface area contributed by atoms with Gasteiger partial charge in [0, 0.05) is 11.0 Å². The summed E-state index contributed by atoms with van der Waals surface area (Å²) in [7, 11) is 0. The molecule has 0 aliphatic carbocycles. The molecule has 1 aromatic rings. The predicted molar refractivity (Wildman–Crippen MR) is 94.7 cm³/mol. The highest BCUT2D eigenvalue weighted by atomic mass is 79.9. The maximum Gasteiger partial charge on any atom is 0.411 e. The van der Waals surface area contributed by atoms with Crippen LogP contribution >= 0.6 is 15.9 Å². The van der Waals surface area contributed by atoms with E-state index >= 15 is 0 Å². The first-order valence-corrected chi connectivity index (χ1v) is 8.40. The van der Waals surface area contributed by atoms with Gasteiger partial charge in [-0.05, 0) is 39.0 Å². The zero-order valence-electron chi connectivity index (χ0n) is 14.0. The van der Waals surface area contributed by atoms with Gasteiger partial charge in [-0.15, -0.1) is 0 Å². The van der Waals surface area contributed by atoms with Crippen molar-refractivity contribution >= 4 is 39.3 Å². The number of nitrogens with one attached hydrogen (secondary N) is 1. The minimum atomic E-state index is -0.767. The number of hydrogen-bond acceptors (Lipinski definition) is 5. The van der Waals surface area contributed by atoms with Crippen LogP contribution in [0.5, 0.6) is 0 Å². The van der Waals surface area contributed by atoms with Gasteiger partial charge in [0.15, 0.2) is 0 Å². The number of halogens is 1. The molecular formula is C16H22BrN3O4. The molecule has 0 bridgehead atoms. The summed E-state index contributed by atoms with van der Waals surface area (Å²) in [5.74, 6) is -0.366. The zero-order chi connectivity index (χ0) is 17.9. The molecule has 3 N–H and O–H groups in total. The Balaban J connectivity index is 2.11. The highest BCUT2D eigenvalue weighted by Crippen LogP contribution is 2.24. The average molecular weight is 400 g/mol. The van der Waals surface area contributed by atoms with E-state index in [0.29, 0.717) is 24.5 Å². The Hall–Kier alpha value is -1.80. The Morgan fingerprint density at radius 3 is 2.75 bits per heavy atom. The predicted octanol–water partition coefficient (Wildman–Crippen LogP) is 2.61. The van der Waals surface area contributed by atoms with Gasteiger partial charge >= 0.3 is 6.09 Å². The number of ether oxygens (including phenoxy) is 2. The molecule has 7 nitrogen and oxygen atoms in total. The van der Waals surface area contributed by atoms with Crippen LogP contribution in [0.3, 0.4) is 0 Å². The van der Waals surface area contributed by atoms with E-state index in [1.54, 1.807) is 39.0 Å². The lowest BCUT2D eigenvalue weighted by atomic mass is 10.2. The van der Waals surface area contributed by atoms with Crippen LogP contribution in [0.25, 0.3) is 0 Å². The van der Waals surface area contributed by atoms with Gasteiger partial charge in [0.1, 0.15) is 11.6 Å². The third-order valence-electron chi connectivity index (χ3n) is 3.33. The Labute approximate surface area is 149 Å². The van der Waals surface area contributed by atoms with E-state index < -0.39 is 17.7 Å². The normalized spacial score (nSPS) is 18.2. The molecule has 0 spiro atoms. The molecule has 0 saturated carbocycles. The minimum Gasteiger partial charge on any atom is -0.444 e. The van der Waals surface area contributed by atoms with Crippen LogP contribution in [-0.4, -0.2) is 48.3 Å². The van der Waals surface area contributed by atoms with Gasteiger partial charge in [0.2, 0.25) is 5.91 Å². The number of amides is 2. The molecule has 2 rings (SSSR count). The fourth-order valence-corrected chi connectivity index (χ4v) is 2.60. The van der Waals surface area contributed by atoms with Crippen molar-refractivity contribution in [3.8, 4) is 0 Å². The fraction of sp³-hybridized carbons (Fsp3) is 0.500. The van der Waals surface area contributed by atoms with Crippen molar-refractivity contribution in [3.05, 3.63) is 22.7 Å². The molecule has 0 aromatic heterocycles. The van der Waals surface area contributed by atoms with Gasteiger partial charge in [-0.1, -0.05) is 15.9 Å². The monoisotopic (exact) mass is 399 g/mol. The fourth-order valence-electron chi connectivity index (χ4n) is 2.22. The van der Waals surface area contributed by atoms with Crippen LogP contribution in [0, 0.1) is 0 Å². The minimum absolute atomic E-state index is 0.113. The van der Waals surface area contributed by atoms with E-state index in [2.05, 4.69) is 21.2 Å². The quantitative estimate of drug-likeness (QED) is 0.745. The molecule has 1 saturated heterocycles. The number of anilines is 2. The Kier molecular flexibility index (Phi) is 5.71. The summed E-state index contributed by atoms with van der Waals surface area (Å²) in [4.78, 5) is 26.3. The first-order chi connectivity index (χ1) is 11.2. The van der Waals surface area contributed by atoms with Gasteiger partial charge in [0.05, 0.1) is 24.6 Å². The zero-order valence-corrected chi connectivity index (χ0v) is 15.6. The van der Waals surface area contributed by atoms with Gasteiger partial charge in [-0.25, -0.2) is 4.79 Å². The lowest BCUT2D eigenvalue weighted by Crippen LogP contribution is -2.55. The van der Waals surface area contributed by atoms with Crippen molar-refractivity contribution in [1.82, 2.24) is 4.90 Å². The number of benzene rings is 1. The van der Waals surface area contributed by atoms with Gasteiger partial charge < -0.3 is 20.5 Å². The third-order valence-corrected chi connectivity index (χ3v) is 3.82. The summed E-state index contributed by atoms with van der Waals surface area (Å²) >= 11 is 3.31. The van der Waals surface area contributed by atoms with Gasteiger partial charge in [0.25, 0.3) is 0 Å². The second-order valence-corrected chi connectivity index (χ2v) is 7.40. The largest absolute Gasteiger partial charge is 0.444 e. The smallest absolute Gasteiger partial charge is 0.411 e. The van der Waals surface area contributed by atoms with Crippen LogP contribution in [0.1, 0.15) is 20.8 Å². The molecule has 1 atom stereocenters.